The first kappa shape index (κ1) is 24.0. The highest BCUT2D eigenvalue weighted by Gasteiger charge is 2.31. The first-order valence-electron chi connectivity index (χ1n) is 11.2. The number of imidazole rings is 1. The summed E-state index contributed by atoms with van der Waals surface area (Å²) >= 11 is 0. The highest BCUT2D eigenvalue weighted by Crippen LogP contribution is 2.27. The molecule has 2 aromatic carbocycles. The van der Waals surface area contributed by atoms with E-state index in [1.807, 2.05) is 54.9 Å². The number of anilines is 3. The molecule has 0 saturated heterocycles. The number of aryl methyl sites for hydroxylation is 2. The monoisotopic (exact) mass is 509 g/mol. The van der Waals surface area contributed by atoms with Gasteiger partial charge in [-0.2, -0.15) is 5.10 Å². The summed E-state index contributed by atoms with van der Waals surface area (Å²) in [4.78, 5) is 8.51. The van der Waals surface area contributed by atoms with Gasteiger partial charge >= 0.3 is 6.36 Å². The fourth-order valence-corrected chi connectivity index (χ4v) is 3.65. The lowest BCUT2D eigenvalue weighted by molar-refractivity contribution is -0.274. The lowest BCUT2D eigenvalue weighted by Gasteiger charge is -2.10. The number of ether oxygens (including phenoxy) is 2. The third-order valence-electron chi connectivity index (χ3n) is 5.40. The van der Waals surface area contributed by atoms with Crippen LogP contribution in [0.15, 0.2) is 66.9 Å². The van der Waals surface area contributed by atoms with E-state index < -0.39 is 12.1 Å². The lowest BCUT2D eigenvalue weighted by Crippen LogP contribution is -2.17. The minimum Gasteiger partial charge on any atom is -0.439 e. The van der Waals surface area contributed by atoms with Crippen LogP contribution in [0.1, 0.15) is 11.3 Å². The van der Waals surface area contributed by atoms with Crippen molar-refractivity contribution in [3.8, 4) is 17.4 Å². The topological polar surface area (TPSA) is 102 Å². The highest BCUT2D eigenvalue weighted by molar-refractivity contribution is 5.83. The quantitative estimate of drug-likeness (QED) is 0.234. The van der Waals surface area contributed by atoms with Crippen molar-refractivity contribution < 1.29 is 22.6 Å². The first-order chi connectivity index (χ1) is 17.7. The zero-order chi connectivity index (χ0) is 26.0. The molecular formula is C25H22F3N7O2. The van der Waals surface area contributed by atoms with Crippen LogP contribution in [0, 0.1) is 6.92 Å². The molecule has 190 valence electrons. The second-order valence-electron chi connectivity index (χ2n) is 8.24. The molecule has 0 unspecified atom stereocenters. The van der Waals surface area contributed by atoms with Crippen LogP contribution in [-0.2, 0) is 13.6 Å². The molecule has 37 heavy (non-hydrogen) atoms. The van der Waals surface area contributed by atoms with Gasteiger partial charge in [0.15, 0.2) is 5.82 Å². The Morgan fingerprint density at radius 3 is 2.46 bits per heavy atom. The smallest absolute Gasteiger partial charge is 0.439 e. The van der Waals surface area contributed by atoms with Gasteiger partial charge in [0.2, 0.25) is 11.8 Å². The Balaban J connectivity index is 1.20. The number of hydrogen-bond acceptors (Lipinski definition) is 7. The number of benzene rings is 2. The average molecular weight is 509 g/mol. The van der Waals surface area contributed by atoms with Gasteiger partial charge in [-0.3, -0.25) is 5.10 Å². The summed E-state index contributed by atoms with van der Waals surface area (Å²) < 4.78 is 48.2. The van der Waals surface area contributed by atoms with E-state index in [1.54, 1.807) is 12.1 Å². The summed E-state index contributed by atoms with van der Waals surface area (Å²) in [6.45, 7) is 2.47. The molecule has 0 bridgehead atoms. The molecule has 0 aliphatic rings. The van der Waals surface area contributed by atoms with Crippen molar-refractivity contribution in [2.24, 2.45) is 7.05 Å². The summed E-state index contributed by atoms with van der Waals surface area (Å²) in [6, 6.07) is 17.5. The molecule has 12 heteroatoms. The molecule has 0 amide bonds. The normalized spacial score (nSPS) is 11.5. The fourth-order valence-electron chi connectivity index (χ4n) is 3.65. The molecule has 5 rings (SSSR count). The van der Waals surface area contributed by atoms with E-state index in [2.05, 4.69) is 35.5 Å². The van der Waals surface area contributed by atoms with Crippen LogP contribution in [0.25, 0.3) is 11.0 Å². The Kier molecular flexibility index (Phi) is 6.30. The SMILES string of the molecule is Cc1cc(Nc2ccc3nc(NCc4ccc(Oc5ccc(OC(F)(F)F)cn5)cc4)n(C)c3c2)n[nH]1. The van der Waals surface area contributed by atoms with E-state index in [1.165, 1.54) is 6.07 Å². The summed E-state index contributed by atoms with van der Waals surface area (Å²) in [5.74, 6) is 1.69. The van der Waals surface area contributed by atoms with Gasteiger partial charge in [-0.25, -0.2) is 9.97 Å². The van der Waals surface area contributed by atoms with Crippen LogP contribution in [0.3, 0.4) is 0 Å². The number of H-pyrrole nitrogens is 1. The molecular weight excluding hydrogens is 487 g/mol. The number of pyridine rings is 1. The molecule has 3 aromatic heterocycles. The van der Waals surface area contributed by atoms with Crippen molar-refractivity contribution in [1.29, 1.82) is 0 Å². The van der Waals surface area contributed by atoms with E-state index >= 15 is 0 Å². The van der Waals surface area contributed by atoms with Crippen LogP contribution < -0.4 is 20.1 Å². The van der Waals surface area contributed by atoms with Gasteiger partial charge in [0.1, 0.15) is 11.5 Å². The van der Waals surface area contributed by atoms with Crippen molar-refractivity contribution >= 4 is 28.5 Å². The zero-order valence-corrected chi connectivity index (χ0v) is 19.8. The standard InChI is InChI=1S/C25H22F3N7O2/c1-15-11-22(34-33-15)31-17-5-9-20-21(12-17)35(2)24(32-20)30-13-16-3-6-18(7-4-16)36-23-10-8-19(14-29-23)37-25(26,27)28/h3-12,14H,13H2,1-2H3,(H,30,32)(H2,31,33,34). The van der Waals surface area contributed by atoms with Gasteiger partial charge in [0.05, 0.1) is 17.2 Å². The lowest BCUT2D eigenvalue weighted by atomic mass is 10.2. The van der Waals surface area contributed by atoms with E-state index in [0.29, 0.717) is 18.2 Å². The summed E-state index contributed by atoms with van der Waals surface area (Å²) in [7, 11) is 1.94. The van der Waals surface area contributed by atoms with Crippen molar-refractivity contribution in [1.82, 2.24) is 24.7 Å². The van der Waals surface area contributed by atoms with Crippen LogP contribution in [0.2, 0.25) is 0 Å². The number of hydrogen-bond donors (Lipinski definition) is 3. The van der Waals surface area contributed by atoms with Gasteiger partial charge in [-0.15, -0.1) is 13.2 Å². The Bertz CT molecular complexity index is 1510. The van der Waals surface area contributed by atoms with Crippen molar-refractivity contribution in [3.05, 3.63) is 78.1 Å². The number of rotatable bonds is 8. The first-order valence-corrected chi connectivity index (χ1v) is 11.2. The number of nitrogens with zero attached hydrogens (tertiary/aromatic N) is 4. The molecule has 0 fully saturated rings. The highest BCUT2D eigenvalue weighted by atomic mass is 19.4. The Morgan fingerprint density at radius 1 is 1.00 bits per heavy atom. The van der Waals surface area contributed by atoms with E-state index in [-0.39, 0.29) is 5.88 Å². The number of aromatic amines is 1. The third kappa shape index (κ3) is 5.92. The summed E-state index contributed by atoms with van der Waals surface area (Å²) in [5, 5.41) is 13.7. The third-order valence-corrected chi connectivity index (χ3v) is 5.40. The Morgan fingerprint density at radius 2 is 1.78 bits per heavy atom. The molecule has 0 aliphatic carbocycles. The van der Waals surface area contributed by atoms with Crippen LogP contribution in [-0.4, -0.2) is 31.1 Å². The second-order valence-corrected chi connectivity index (χ2v) is 8.24. The molecule has 5 aromatic rings. The number of nitrogens with one attached hydrogen (secondary N) is 3. The van der Waals surface area contributed by atoms with Gasteiger partial charge in [0.25, 0.3) is 0 Å². The van der Waals surface area contributed by atoms with Crippen molar-refractivity contribution in [2.75, 3.05) is 10.6 Å². The maximum atomic E-state index is 12.3. The number of alkyl halides is 3. The molecule has 0 atom stereocenters. The van der Waals surface area contributed by atoms with Gasteiger partial charge in [-0.1, -0.05) is 12.1 Å². The predicted molar refractivity (Wildman–Crippen MR) is 132 cm³/mol. The van der Waals surface area contributed by atoms with Crippen molar-refractivity contribution in [3.63, 3.8) is 0 Å². The summed E-state index contributed by atoms with van der Waals surface area (Å²) in [6.07, 6.45) is -3.81. The van der Waals surface area contributed by atoms with E-state index in [9.17, 15) is 13.2 Å². The van der Waals surface area contributed by atoms with Gasteiger partial charge < -0.3 is 24.7 Å². The van der Waals surface area contributed by atoms with Crippen molar-refractivity contribution in [2.45, 2.75) is 19.8 Å². The van der Waals surface area contributed by atoms with Crippen LogP contribution in [0.4, 0.5) is 30.6 Å². The molecule has 0 aliphatic heterocycles. The Labute approximate surface area is 209 Å². The molecule has 0 radical (unpaired) electrons. The van der Waals surface area contributed by atoms with Gasteiger partial charge in [-0.05, 0) is 48.9 Å². The van der Waals surface area contributed by atoms with E-state index in [0.717, 1.165) is 46.1 Å². The number of aromatic nitrogens is 5. The number of halogens is 3. The fraction of sp³-hybridized carbons (Fsp3) is 0.160. The minimum absolute atomic E-state index is 0.149. The Hall–Kier alpha value is -4.74. The minimum atomic E-state index is -4.77. The van der Waals surface area contributed by atoms with Crippen LogP contribution in [0.5, 0.6) is 17.4 Å². The second kappa shape index (κ2) is 9.72. The van der Waals surface area contributed by atoms with Crippen LogP contribution >= 0.6 is 0 Å². The largest absolute Gasteiger partial charge is 0.573 e. The maximum Gasteiger partial charge on any atom is 0.573 e. The van der Waals surface area contributed by atoms with Gasteiger partial charge in [0, 0.05) is 37.1 Å². The predicted octanol–water partition coefficient (Wildman–Crippen LogP) is 6.05. The molecule has 0 saturated carbocycles. The molecule has 3 heterocycles. The van der Waals surface area contributed by atoms with E-state index in [4.69, 9.17) is 4.74 Å². The molecule has 0 spiro atoms. The average Bonchev–Trinajstić information content (AvgIpc) is 3.41. The number of fused-ring (bicyclic) bond motifs is 1. The molecule has 9 nitrogen and oxygen atoms in total. The zero-order valence-electron chi connectivity index (χ0n) is 19.8. The maximum absolute atomic E-state index is 12.3. The summed E-state index contributed by atoms with van der Waals surface area (Å²) in [5.41, 5.74) is 4.68. The molecule has 3 N–H and O–H groups in total.